The van der Waals surface area contributed by atoms with Crippen LogP contribution in [-0.2, 0) is 4.79 Å². The Morgan fingerprint density at radius 2 is 2.13 bits per heavy atom. The van der Waals surface area contributed by atoms with Crippen LogP contribution in [0, 0.1) is 11.3 Å². The van der Waals surface area contributed by atoms with E-state index in [4.69, 9.17) is 4.74 Å². The van der Waals surface area contributed by atoms with Crippen molar-refractivity contribution in [3.63, 3.8) is 0 Å². The van der Waals surface area contributed by atoms with E-state index in [1.165, 1.54) is 6.92 Å². The van der Waals surface area contributed by atoms with E-state index in [0.717, 1.165) is 29.1 Å². The van der Waals surface area contributed by atoms with Crippen LogP contribution in [0.25, 0.3) is 11.1 Å². The first-order valence-electron chi connectivity index (χ1n) is 10.1. The van der Waals surface area contributed by atoms with E-state index in [1.54, 1.807) is 12.0 Å². The number of hydrogen-bond acceptors (Lipinski definition) is 6. The summed E-state index contributed by atoms with van der Waals surface area (Å²) in [5.41, 5.74) is 0.655. The molecule has 0 spiro atoms. The van der Waals surface area contributed by atoms with E-state index < -0.39 is 11.2 Å². The summed E-state index contributed by atoms with van der Waals surface area (Å²) in [7, 11) is 1.65. The molecular formula is C23H29N5O2. The van der Waals surface area contributed by atoms with Gasteiger partial charge in [-0.05, 0) is 56.5 Å². The minimum Gasteiger partial charge on any atom is -0.497 e. The Bertz CT molecular complexity index is 935. The molecule has 1 aromatic heterocycles. The third-order valence-corrected chi connectivity index (χ3v) is 5.37. The van der Waals surface area contributed by atoms with E-state index >= 15 is 0 Å². The number of benzene rings is 1. The quantitative estimate of drug-likeness (QED) is 0.731. The average molecular weight is 408 g/mol. The Hall–Kier alpha value is -3.11. The van der Waals surface area contributed by atoms with E-state index in [9.17, 15) is 10.1 Å². The average Bonchev–Trinajstić information content (AvgIpc) is 3.16. The second kappa shape index (κ2) is 8.72. The molecular weight excluding hydrogens is 378 g/mol. The van der Waals surface area contributed by atoms with Crippen molar-refractivity contribution in [2.45, 2.75) is 44.8 Å². The zero-order valence-electron chi connectivity index (χ0n) is 18.0. The van der Waals surface area contributed by atoms with Crippen molar-refractivity contribution >= 4 is 11.7 Å². The lowest BCUT2D eigenvalue weighted by Crippen LogP contribution is -2.63. The molecule has 30 heavy (non-hydrogen) atoms. The number of nitrogens with zero attached hydrogens (tertiary/aromatic N) is 3. The molecule has 2 N–H and O–H groups in total. The number of amides is 1. The number of carbonyl (C=O) groups is 1. The number of rotatable bonds is 7. The molecule has 1 saturated heterocycles. The number of nitrogens with one attached hydrogen (secondary N) is 2. The number of pyridine rings is 1. The van der Waals surface area contributed by atoms with Gasteiger partial charge in [0.2, 0.25) is 5.91 Å². The first kappa shape index (κ1) is 21.6. The van der Waals surface area contributed by atoms with Gasteiger partial charge in [0.25, 0.3) is 0 Å². The molecule has 1 unspecified atom stereocenters. The van der Waals surface area contributed by atoms with Gasteiger partial charge >= 0.3 is 0 Å². The van der Waals surface area contributed by atoms with Crippen LogP contribution in [0.15, 0.2) is 42.6 Å². The molecule has 2 aromatic rings. The lowest BCUT2D eigenvalue weighted by Gasteiger charge is -2.40. The highest BCUT2D eigenvalue weighted by atomic mass is 16.5. The Morgan fingerprint density at radius 3 is 2.77 bits per heavy atom. The molecule has 0 saturated carbocycles. The molecule has 7 heteroatoms. The molecule has 1 aromatic carbocycles. The van der Waals surface area contributed by atoms with Gasteiger partial charge in [0.15, 0.2) is 5.66 Å². The number of nitriles is 1. The molecule has 0 radical (unpaired) electrons. The summed E-state index contributed by atoms with van der Waals surface area (Å²) in [4.78, 5) is 18.1. The van der Waals surface area contributed by atoms with Gasteiger partial charge in [0.1, 0.15) is 17.6 Å². The lowest BCUT2D eigenvalue weighted by atomic mass is 9.99. The van der Waals surface area contributed by atoms with Crippen molar-refractivity contribution in [1.82, 2.24) is 15.2 Å². The van der Waals surface area contributed by atoms with Crippen LogP contribution in [0.4, 0.5) is 5.82 Å². The van der Waals surface area contributed by atoms with Crippen molar-refractivity contribution in [1.29, 1.82) is 5.26 Å². The molecule has 1 aliphatic rings. The highest BCUT2D eigenvalue weighted by Crippen LogP contribution is 2.29. The molecule has 0 bridgehead atoms. The Labute approximate surface area is 178 Å². The molecule has 1 fully saturated rings. The van der Waals surface area contributed by atoms with Crippen LogP contribution >= 0.6 is 0 Å². The highest BCUT2D eigenvalue weighted by Gasteiger charge is 2.45. The molecule has 1 amide bonds. The fourth-order valence-electron chi connectivity index (χ4n) is 3.91. The van der Waals surface area contributed by atoms with E-state index in [1.807, 2.05) is 56.4 Å². The van der Waals surface area contributed by atoms with Crippen LogP contribution in [0.5, 0.6) is 5.75 Å². The molecule has 2 heterocycles. The van der Waals surface area contributed by atoms with Gasteiger partial charge in [-0.15, -0.1) is 0 Å². The minimum absolute atomic E-state index is 0.0832. The smallest absolute Gasteiger partial charge is 0.221 e. The number of anilines is 1. The highest BCUT2D eigenvalue weighted by molar-refractivity contribution is 5.75. The normalized spacial score (nSPS) is 18.7. The predicted molar refractivity (Wildman–Crippen MR) is 117 cm³/mol. The molecule has 7 nitrogen and oxygen atoms in total. The summed E-state index contributed by atoms with van der Waals surface area (Å²) in [6.45, 7) is 6.69. The summed E-state index contributed by atoms with van der Waals surface area (Å²) in [5.74, 6) is 1.47. The van der Waals surface area contributed by atoms with Crippen molar-refractivity contribution in [2.75, 3.05) is 25.5 Å². The summed E-state index contributed by atoms with van der Waals surface area (Å²) in [6, 6.07) is 14.1. The number of aromatic nitrogens is 1. The van der Waals surface area contributed by atoms with Gasteiger partial charge in [-0.1, -0.05) is 12.1 Å². The molecule has 158 valence electrons. The van der Waals surface area contributed by atoms with Crippen LogP contribution < -0.4 is 15.4 Å². The molecule has 3 rings (SSSR count). The van der Waals surface area contributed by atoms with Gasteiger partial charge in [-0.2, -0.15) is 5.26 Å². The number of hydrogen-bond donors (Lipinski definition) is 2. The molecule has 0 aliphatic carbocycles. The summed E-state index contributed by atoms with van der Waals surface area (Å²) in [5, 5.41) is 16.6. The topological polar surface area (TPSA) is 90.3 Å². The van der Waals surface area contributed by atoms with E-state index in [2.05, 4.69) is 21.7 Å². The van der Waals surface area contributed by atoms with Crippen LogP contribution in [-0.4, -0.2) is 47.2 Å². The van der Waals surface area contributed by atoms with Gasteiger partial charge in [0.05, 0.1) is 7.11 Å². The first-order valence-corrected chi connectivity index (χ1v) is 10.1. The number of likely N-dealkylation sites (tertiary alicyclic amines) is 1. The monoisotopic (exact) mass is 407 g/mol. The van der Waals surface area contributed by atoms with Crippen LogP contribution in [0.2, 0.25) is 0 Å². The summed E-state index contributed by atoms with van der Waals surface area (Å²) < 4.78 is 5.28. The third-order valence-electron chi connectivity index (χ3n) is 5.37. The van der Waals surface area contributed by atoms with Crippen LogP contribution in [0.3, 0.4) is 0 Å². The van der Waals surface area contributed by atoms with Crippen molar-refractivity contribution in [2.24, 2.45) is 0 Å². The number of ether oxygens (including phenoxy) is 1. The van der Waals surface area contributed by atoms with Crippen molar-refractivity contribution < 1.29 is 9.53 Å². The van der Waals surface area contributed by atoms with Crippen LogP contribution in [0.1, 0.15) is 33.6 Å². The standard InChI is InChI=1S/C23H29N5O2/c1-17(29)28-12-6-11-23(28,15-24)27-22(2,3)16-26-21-10-9-19(14-25-21)18-7-5-8-20(13-18)30-4/h5,7-10,13-14,27H,6,11-12,16H2,1-4H3,(H,25,26). The maximum Gasteiger partial charge on any atom is 0.221 e. The maximum absolute atomic E-state index is 12.0. The van der Waals surface area contributed by atoms with Crippen molar-refractivity contribution in [3.8, 4) is 22.9 Å². The number of methoxy groups -OCH3 is 1. The fourth-order valence-corrected chi connectivity index (χ4v) is 3.91. The zero-order chi connectivity index (χ0) is 21.8. The lowest BCUT2D eigenvalue weighted by molar-refractivity contribution is -0.132. The van der Waals surface area contributed by atoms with E-state index in [-0.39, 0.29) is 5.91 Å². The largest absolute Gasteiger partial charge is 0.497 e. The SMILES string of the molecule is COc1cccc(-c2ccc(NCC(C)(C)NC3(C#N)CCCN3C(C)=O)nc2)c1. The van der Waals surface area contributed by atoms with E-state index in [0.29, 0.717) is 19.5 Å². The zero-order valence-corrected chi connectivity index (χ0v) is 18.0. The molecule has 1 aliphatic heterocycles. The van der Waals surface area contributed by atoms with Crippen molar-refractivity contribution in [3.05, 3.63) is 42.6 Å². The number of carbonyl (C=O) groups excluding carboxylic acids is 1. The Kier molecular flexibility index (Phi) is 6.28. The Morgan fingerprint density at radius 1 is 1.33 bits per heavy atom. The third kappa shape index (κ3) is 4.71. The second-order valence-electron chi connectivity index (χ2n) is 8.27. The maximum atomic E-state index is 12.0. The predicted octanol–water partition coefficient (Wildman–Crippen LogP) is 3.40. The fraction of sp³-hybridized carbons (Fsp3) is 0.435. The van der Waals surface area contributed by atoms with Gasteiger partial charge in [-0.3, -0.25) is 10.1 Å². The van der Waals surface area contributed by atoms with Gasteiger partial charge in [0, 0.05) is 37.3 Å². The second-order valence-corrected chi connectivity index (χ2v) is 8.27. The van der Waals surface area contributed by atoms with Gasteiger partial charge < -0.3 is 15.0 Å². The summed E-state index contributed by atoms with van der Waals surface area (Å²) >= 11 is 0. The summed E-state index contributed by atoms with van der Waals surface area (Å²) in [6.07, 6.45) is 3.26. The minimum atomic E-state index is -0.958. The molecule has 1 atom stereocenters. The van der Waals surface area contributed by atoms with Gasteiger partial charge in [-0.25, -0.2) is 4.98 Å². The first-order chi connectivity index (χ1) is 14.3. The Balaban J connectivity index is 1.65.